The van der Waals surface area contributed by atoms with Crippen LogP contribution in [-0.2, 0) is 50.1 Å². The highest BCUT2D eigenvalue weighted by molar-refractivity contribution is 6.42. The predicted octanol–water partition coefficient (Wildman–Crippen LogP) is 10.7. The number of hydrogen-bond acceptors (Lipinski definition) is 8. The Balaban J connectivity index is 0.000000204. The topological polar surface area (TPSA) is 103 Å². The highest BCUT2D eigenvalue weighted by atomic mass is 35.5. The lowest BCUT2D eigenvalue weighted by molar-refractivity contribution is -0.209. The molecule has 8 rings (SSSR count). The molecule has 2 amide bonds. The SMILES string of the molecule is Cc1cc(CC(=O)N(OCc2ccccc2)C(CN2CCC(C=O)C2)c2ccccc2)ccc1Cl.O=C(Cc1ccc(Cl)c(Cl)c1)N(OCc1ccccc1)C(CN1CCC(O)C1)c1ccccc1. The molecule has 6 aromatic rings. The second-order valence-electron chi connectivity index (χ2n) is 17.6. The Hall–Kier alpha value is -5.40. The molecule has 69 heavy (non-hydrogen) atoms. The fourth-order valence-corrected chi connectivity index (χ4v) is 9.10. The minimum atomic E-state index is -0.345. The van der Waals surface area contributed by atoms with E-state index >= 15 is 0 Å². The Kier molecular flexibility index (Phi) is 19.4. The molecule has 1 N–H and O–H groups in total. The van der Waals surface area contributed by atoms with Crippen molar-refractivity contribution in [2.75, 3.05) is 39.3 Å². The van der Waals surface area contributed by atoms with Crippen LogP contribution >= 0.6 is 34.8 Å². The number of β-amino-alcohol motifs (C(OH)–C–C–N with tert-alkyl or cyclic N) is 1. The van der Waals surface area contributed by atoms with Crippen molar-refractivity contribution in [2.45, 2.75) is 64.0 Å². The average molecular weight is 990 g/mol. The standard InChI is InChI=1S/C29H31ClN2O3.C27H28Cl2N2O3/c1-22-16-24(12-13-27(22)30)17-29(34)32(35-21-23-8-4-2-5-9-23)28(26-10-6-3-7-11-26)19-31-15-14-25(18-31)20-33;28-24-12-11-21(15-25(24)29)16-27(33)31(34-19-20-7-3-1-4-8-20)26(22-9-5-2-6-10-22)18-30-14-13-23(32)17-30/h2-13,16,20,25,28H,14-15,17-19,21H2,1H3;1-12,15,23,26,32H,13-14,16-19H2. The van der Waals surface area contributed by atoms with E-state index < -0.39 is 0 Å². The van der Waals surface area contributed by atoms with Crippen LogP contribution in [0.25, 0.3) is 0 Å². The van der Waals surface area contributed by atoms with Crippen LogP contribution in [-0.4, -0.2) is 88.5 Å². The number of nitrogens with zero attached hydrogens (tertiary/aromatic N) is 4. The molecule has 0 saturated carbocycles. The first-order valence-electron chi connectivity index (χ1n) is 23.4. The van der Waals surface area contributed by atoms with Gasteiger partial charge in [0.15, 0.2) is 0 Å². The summed E-state index contributed by atoms with van der Waals surface area (Å²) in [4.78, 5) is 55.6. The molecule has 4 atom stereocenters. The lowest BCUT2D eigenvalue weighted by atomic mass is 10.0. The zero-order valence-electron chi connectivity index (χ0n) is 38.8. The van der Waals surface area contributed by atoms with E-state index in [1.807, 2.05) is 146 Å². The van der Waals surface area contributed by atoms with Crippen molar-refractivity contribution in [3.8, 4) is 0 Å². The summed E-state index contributed by atoms with van der Waals surface area (Å²) in [6.07, 6.45) is 2.58. The number of hydrogen-bond donors (Lipinski definition) is 1. The zero-order chi connectivity index (χ0) is 48.5. The summed E-state index contributed by atoms with van der Waals surface area (Å²) < 4.78 is 0. The molecule has 2 aliphatic rings. The molecular formula is C56H59Cl3N4O6. The summed E-state index contributed by atoms with van der Waals surface area (Å²) in [5.74, 6) is -0.261. The van der Waals surface area contributed by atoms with Crippen molar-refractivity contribution in [3.63, 3.8) is 0 Å². The van der Waals surface area contributed by atoms with Gasteiger partial charge in [0, 0.05) is 43.7 Å². The first-order chi connectivity index (χ1) is 33.5. The molecule has 2 aliphatic heterocycles. The Morgan fingerprint density at radius 3 is 1.48 bits per heavy atom. The fourth-order valence-electron chi connectivity index (χ4n) is 8.67. The second-order valence-corrected chi connectivity index (χ2v) is 18.9. The van der Waals surface area contributed by atoms with E-state index in [0.29, 0.717) is 41.2 Å². The van der Waals surface area contributed by atoms with Crippen molar-refractivity contribution >= 4 is 52.9 Å². The van der Waals surface area contributed by atoms with Crippen LogP contribution in [0.3, 0.4) is 0 Å². The van der Waals surface area contributed by atoms with E-state index in [2.05, 4.69) is 9.80 Å². The molecule has 2 heterocycles. The molecule has 6 aromatic carbocycles. The number of carbonyl (C=O) groups is 3. The number of aliphatic hydroxyl groups excluding tert-OH is 1. The van der Waals surface area contributed by atoms with Crippen LogP contribution in [0.4, 0.5) is 0 Å². The highest BCUT2D eigenvalue weighted by Crippen LogP contribution is 2.30. The first-order valence-corrected chi connectivity index (χ1v) is 24.5. The number of benzene rings is 6. The van der Waals surface area contributed by atoms with Gasteiger partial charge in [0.1, 0.15) is 19.5 Å². The molecule has 2 fully saturated rings. The molecule has 10 nitrogen and oxygen atoms in total. The van der Waals surface area contributed by atoms with Gasteiger partial charge in [-0.2, -0.15) is 0 Å². The molecule has 0 spiro atoms. The molecule has 0 aliphatic carbocycles. The Bertz CT molecular complexity index is 2560. The number of likely N-dealkylation sites (tertiary alicyclic amines) is 2. The van der Waals surface area contributed by atoms with Gasteiger partial charge in [-0.3, -0.25) is 24.2 Å². The van der Waals surface area contributed by atoms with Crippen molar-refractivity contribution in [2.24, 2.45) is 5.92 Å². The van der Waals surface area contributed by atoms with Crippen molar-refractivity contribution in [1.82, 2.24) is 19.9 Å². The molecular weight excluding hydrogens is 931 g/mol. The minimum absolute atomic E-state index is 0.0397. The van der Waals surface area contributed by atoms with Crippen LogP contribution in [0.15, 0.2) is 158 Å². The van der Waals surface area contributed by atoms with Crippen molar-refractivity contribution in [1.29, 1.82) is 0 Å². The third-order valence-corrected chi connectivity index (χ3v) is 13.5. The highest BCUT2D eigenvalue weighted by Gasteiger charge is 2.33. The second kappa shape index (κ2) is 26.0. The van der Waals surface area contributed by atoms with E-state index in [4.69, 9.17) is 44.5 Å². The van der Waals surface area contributed by atoms with Crippen LogP contribution in [0.5, 0.6) is 0 Å². The quantitative estimate of drug-likeness (QED) is 0.0632. The Morgan fingerprint density at radius 2 is 1.04 bits per heavy atom. The molecule has 0 aromatic heterocycles. The van der Waals surface area contributed by atoms with Crippen LogP contribution < -0.4 is 0 Å². The number of halogens is 3. The lowest BCUT2D eigenvalue weighted by Gasteiger charge is -2.34. The lowest BCUT2D eigenvalue weighted by Crippen LogP contribution is -2.42. The van der Waals surface area contributed by atoms with E-state index in [1.54, 1.807) is 23.3 Å². The monoisotopic (exact) mass is 988 g/mol. The third kappa shape index (κ3) is 15.3. The third-order valence-electron chi connectivity index (χ3n) is 12.4. The largest absolute Gasteiger partial charge is 0.392 e. The number of hydroxylamine groups is 4. The van der Waals surface area contributed by atoms with Gasteiger partial charge in [-0.15, -0.1) is 0 Å². The molecule has 360 valence electrons. The summed E-state index contributed by atoms with van der Waals surface area (Å²) in [7, 11) is 0. The molecule has 13 heteroatoms. The maximum atomic E-state index is 13.7. The van der Waals surface area contributed by atoms with Gasteiger partial charge in [-0.25, -0.2) is 10.1 Å². The molecule has 4 unspecified atom stereocenters. The van der Waals surface area contributed by atoms with Gasteiger partial charge in [-0.05, 0) is 83.5 Å². The summed E-state index contributed by atoms with van der Waals surface area (Å²) in [5.41, 5.74) is 6.51. The molecule has 2 saturated heterocycles. The summed E-state index contributed by atoms with van der Waals surface area (Å²) in [6.45, 7) is 6.51. The number of amides is 2. The van der Waals surface area contributed by atoms with E-state index in [-0.39, 0.29) is 62.0 Å². The summed E-state index contributed by atoms with van der Waals surface area (Å²) in [6, 6.07) is 49.7. The molecule has 0 bridgehead atoms. The van der Waals surface area contributed by atoms with Gasteiger partial charge < -0.3 is 14.8 Å². The number of rotatable bonds is 19. The van der Waals surface area contributed by atoms with Crippen molar-refractivity contribution in [3.05, 3.63) is 212 Å². The Labute approximate surface area is 420 Å². The van der Waals surface area contributed by atoms with Crippen LogP contribution in [0.1, 0.15) is 63.9 Å². The van der Waals surface area contributed by atoms with Gasteiger partial charge in [0.2, 0.25) is 0 Å². The van der Waals surface area contributed by atoms with E-state index in [1.165, 1.54) is 5.06 Å². The zero-order valence-corrected chi connectivity index (χ0v) is 41.1. The van der Waals surface area contributed by atoms with Gasteiger partial charge >= 0.3 is 0 Å². The first kappa shape index (κ1) is 51.5. The smallest absolute Gasteiger partial charge is 0.251 e. The maximum absolute atomic E-state index is 13.7. The van der Waals surface area contributed by atoms with Crippen LogP contribution in [0, 0.1) is 12.8 Å². The number of aldehydes is 1. The fraction of sp³-hybridized carbons (Fsp3) is 0.304. The normalized spacial score (nSPS) is 16.8. The maximum Gasteiger partial charge on any atom is 0.251 e. The number of aliphatic hydroxyl groups is 1. The van der Waals surface area contributed by atoms with E-state index in [9.17, 15) is 19.5 Å². The minimum Gasteiger partial charge on any atom is -0.392 e. The van der Waals surface area contributed by atoms with Crippen molar-refractivity contribution < 1.29 is 29.2 Å². The van der Waals surface area contributed by atoms with Crippen LogP contribution in [0.2, 0.25) is 15.1 Å². The van der Waals surface area contributed by atoms with Gasteiger partial charge in [0.25, 0.3) is 11.8 Å². The predicted molar refractivity (Wildman–Crippen MR) is 272 cm³/mol. The summed E-state index contributed by atoms with van der Waals surface area (Å²) in [5, 5.41) is 14.6. The Morgan fingerprint density at radius 1 is 0.594 bits per heavy atom. The van der Waals surface area contributed by atoms with E-state index in [0.717, 1.165) is 71.2 Å². The van der Waals surface area contributed by atoms with Gasteiger partial charge in [0.05, 0.1) is 41.1 Å². The van der Waals surface area contributed by atoms with Gasteiger partial charge in [-0.1, -0.05) is 174 Å². The number of aryl methyl sites for hydroxylation is 1. The molecule has 0 radical (unpaired) electrons. The summed E-state index contributed by atoms with van der Waals surface area (Å²) >= 11 is 18.4. The average Bonchev–Trinajstić information content (AvgIpc) is 4.02. The number of carbonyl (C=O) groups excluding carboxylic acids is 3.